The zero-order chi connectivity index (χ0) is 13.7. The van der Waals surface area contributed by atoms with E-state index in [1.54, 1.807) is 6.33 Å². The Morgan fingerprint density at radius 1 is 1.32 bits per heavy atom. The fraction of sp³-hybridized carbons (Fsp3) is 0.571. The van der Waals surface area contributed by atoms with Crippen molar-refractivity contribution in [3.63, 3.8) is 0 Å². The van der Waals surface area contributed by atoms with Gasteiger partial charge in [0, 0.05) is 29.9 Å². The molecular weight excluding hydrogens is 238 g/mol. The van der Waals surface area contributed by atoms with Crippen LogP contribution >= 0.6 is 0 Å². The number of nitrogens with zero attached hydrogens (tertiary/aromatic N) is 2. The Bertz CT molecular complexity index is 499. The van der Waals surface area contributed by atoms with E-state index in [1.165, 1.54) is 24.2 Å². The summed E-state index contributed by atoms with van der Waals surface area (Å²) in [4.78, 5) is 7.63. The molecule has 0 radical (unpaired) electrons. The molecule has 0 aliphatic rings. The standard InChI is InChI=1S/C14H23N5/c1-4-5-12(14-11(3)16-9-17-14)6-7-15-13-8-10(2)18-19-13/h8-9,12H,4-7H2,1-3H3,(H,16,17)(H2,15,18,19). The molecule has 0 fully saturated rings. The molecule has 2 heterocycles. The number of nitrogens with one attached hydrogen (secondary N) is 3. The molecule has 0 saturated heterocycles. The highest BCUT2D eigenvalue weighted by Gasteiger charge is 2.15. The largest absolute Gasteiger partial charge is 0.369 e. The third-order valence-electron chi connectivity index (χ3n) is 3.40. The van der Waals surface area contributed by atoms with Gasteiger partial charge in [-0.2, -0.15) is 5.10 Å². The summed E-state index contributed by atoms with van der Waals surface area (Å²) >= 11 is 0. The summed E-state index contributed by atoms with van der Waals surface area (Å²) in [5.74, 6) is 1.44. The molecule has 0 bridgehead atoms. The Morgan fingerprint density at radius 2 is 2.16 bits per heavy atom. The first-order valence-corrected chi connectivity index (χ1v) is 6.96. The fourth-order valence-electron chi connectivity index (χ4n) is 2.43. The lowest BCUT2D eigenvalue weighted by atomic mass is 9.95. The molecule has 1 unspecified atom stereocenters. The van der Waals surface area contributed by atoms with E-state index in [1.807, 2.05) is 13.0 Å². The first-order valence-electron chi connectivity index (χ1n) is 6.96. The molecule has 1 atom stereocenters. The molecule has 5 heteroatoms. The highest BCUT2D eigenvalue weighted by atomic mass is 15.2. The molecule has 0 amide bonds. The van der Waals surface area contributed by atoms with E-state index in [-0.39, 0.29) is 0 Å². The molecule has 2 rings (SSSR count). The van der Waals surface area contributed by atoms with Crippen LogP contribution in [-0.2, 0) is 0 Å². The van der Waals surface area contributed by atoms with Crippen LogP contribution in [0.3, 0.4) is 0 Å². The Hall–Kier alpha value is -1.78. The van der Waals surface area contributed by atoms with E-state index in [2.05, 4.69) is 39.3 Å². The zero-order valence-electron chi connectivity index (χ0n) is 12.0. The van der Waals surface area contributed by atoms with Crippen LogP contribution in [0.25, 0.3) is 0 Å². The van der Waals surface area contributed by atoms with Gasteiger partial charge in [0.1, 0.15) is 5.82 Å². The molecule has 0 aliphatic carbocycles. The summed E-state index contributed by atoms with van der Waals surface area (Å²) in [5, 5.41) is 10.5. The van der Waals surface area contributed by atoms with Gasteiger partial charge in [-0.05, 0) is 26.7 Å². The second kappa shape index (κ2) is 6.41. The molecule has 5 nitrogen and oxygen atoms in total. The molecule has 2 aromatic rings. The number of hydrogen-bond acceptors (Lipinski definition) is 3. The number of H-pyrrole nitrogens is 2. The first-order chi connectivity index (χ1) is 9.20. The maximum atomic E-state index is 4.46. The van der Waals surface area contributed by atoms with E-state index in [4.69, 9.17) is 0 Å². The number of anilines is 1. The minimum atomic E-state index is 0.517. The Labute approximate surface area is 114 Å². The molecule has 19 heavy (non-hydrogen) atoms. The van der Waals surface area contributed by atoms with Gasteiger partial charge in [0.25, 0.3) is 0 Å². The summed E-state index contributed by atoms with van der Waals surface area (Å²) in [6, 6.07) is 2.02. The molecule has 0 saturated carbocycles. The first kappa shape index (κ1) is 13.6. The van der Waals surface area contributed by atoms with Gasteiger partial charge in [0.05, 0.1) is 12.0 Å². The molecule has 0 spiro atoms. The van der Waals surface area contributed by atoms with Crippen molar-refractivity contribution in [2.75, 3.05) is 11.9 Å². The van der Waals surface area contributed by atoms with Crippen LogP contribution in [-0.4, -0.2) is 26.7 Å². The van der Waals surface area contributed by atoms with Gasteiger partial charge in [0.2, 0.25) is 0 Å². The second-order valence-corrected chi connectivity index (χ2v) is 5.05. The van der Waals surface area contributed by atoms with Crippen molar-refractivity contribution in [3.8, 4) is 0 Å². The monoisotopic (exact) mass is 261 g/mol. The van der Waals surface area contributed by atoms with Crippen LogP contribution < -0.4 is 5.32 Å². The maximum Gasteiger partial charge on any atom is 0.148 e. The topological polar surface area (TPSA) is 69.4 Å². The number of aryl methyl sites for hydroxylation is 2. The van der Waals surface area contributed by atoms with Gasteiger partial charge in [-0.15, -0.1) is 0 Å². The minimum absolute atomic E-state index is 0.517. The average molecular weight is 261 g/mol. The molecule has 2 aromatic heterocycles. The van der Waals surface area contributed by atoms with Crippen molar-refractivity contribution in [1.82, 2.24) is 20.2 Å². The summed E-state index contributed by atoms with van der Waals surface area (Å²) in [7, 11) is 0. The van der Waals surface area contributed by atoms with Gasteiger partial charge >= 0.3 is 0 Å². The lowest BCUT2D eigenvalue weighted by Gasteiger charge is -2.15. The van der Waals surface area contributed by atoms with Gasteiger partial charge in [0.15, 0.2) is 0 Å². The van der Waals surface area contributed by atoms with E-state index in [0.29, 0.717) is 5.92 Å². The summed E-state index contributed by atoms with van der Waals surface area (Å²) in [5.41, 5.74) is 3.48. The van der Waals surface area contributed by atoms with Gasteiger partial charge < -0.3 is 10.3 Å². The van der Waals surface area contributed by atoms with Crippen LogP contribution in [0.4, 0.5) is 5.82 Å². The lowest BCUT2D eigenvalue weighted by Crippen LogP contribution is -2.09. The van der Waals surface area contributed by atoms with E-state index >= 15 is 0 Å². The predicted octanol–water partition coefficient (Wildman–Crippen LogP) is 3.14. The minimum Gasteiger partial charge on any atom is -0.369 e. The average Bonchev–Trinajstić information content (AvgIpc) is 2.97. The zero-order valence-corrected chi connectivity index (χ0v) is 12.0. The van der Waals surface area contributed by atoms with Crippen LogP contribution in [0.5, 0.6) is 0 Å². The predicted molar refractivity (Wildman–Crippen MR) is 77.4 cm³/mol. The molecular formula is C14H23N5. The summed E-state index contributed by atoms with van der Waals surface area (Å²) in [6.45, 7) is 7.24. The third kappa shape index (κ3) is 3.59. The Morgan fingerprint density at radius 3 is 2.74 bits per heavy atom. The number of aromatic nitrogens is 4. The van der Waals surface area contributed by atoms with Gasteiger partial charge in [-0.1, -0.05) is 13.3 Å². The number of hydrogen-bond donors (Lipinski definition) is 3. The Balaban J connectivity index is 1.89. The second-order valence-electron chi connectivity index (χ2n) is 5.05. The SMILES string of the molecule is CCCC(CCNc1cc(C)[nH]n1)c1nc[nH]c1C. The van der Waals surface area contributed by atoms with E-state index in [9.17, 15) is 0 Å². The van der Waals surface area contributed by atoms with E-state index in [0.717, 1.165) is 24.5 Å². The lowest BCUT2D eigenvalue weighted by molar-refractivity contribution is 0.568. The molecule has 104 valence electrons. The highest BCUT2D eigenvalue weighted by molar-refractivity contribution is 5.34. The van der Waals surface area contributed by atoms with Crippen LogP contribution in [0, 0.1) is 13.8 Å². The molecule has 0 aliphatic heterocycles. The van der Waals surface area contributed by atoms with Crippen molar-refractivity contribution in [3.05, 3.63) is 29.5 Å². The molecule has 3 N–H and O–H groups in total. The Kier molecular flexibility index (Phi) is 4.60. The van der Waals surface area contributed by atoms with E-state index < -0.39 is 0 Å². The fourth-order valence-corrected chi connectivity index (χ4v) is 2.43. The van der Waals surface area contributed by atoms with Crippen LogP contribution in [0.1, 0.15) is 49.2 Å². The summed E-state index contributed by atoms with van der Waals surface area (Å²) < 4.78 is 0. The van der Waals surface area contributed by atoms with Crippen molar-refractivity contribution in [2.24, 2.45) is 0 Å². The number of imidazole rings is 1. The van der Waals surface area contributed by atoms with Crippen molar-refractivity contribution < 1.29 is 0 Å². The van der Waals surface area contributed by atoms with Gasteiger partial charge in [-0.3, -0.25) is 5.10 Å². The van der Waals surface area contributed by atoms with Crippen LogP contribution in [0.15, 0.2) is 12.4 Å². The van der Waals surface area contributed by atoms with Crippen LogP contribution in [0.2, 0.25) is 0 Å². The van der Waals surface area contributed by atoms with Crippen molar-refractivity contribution in [1.29, 1.82) is 0 Å². The van der Waals surface area contributed by atoms with Gasteiger partial charge in [-0.25, -0.2) is 4.98 Å². The number of rotatable bonds is 7. The normalized spacial score (nSPS) is 12.6. The maximum absolute atomic E-state index is 4.46. The molecule has 0 aromatic carbocycles. The third-order valence-corrected chi connectivity index (χ3v) is 3.40. The summed E-state index contributed by atoms with van der Waals surface area (Å²) in [6.07, 6.45) is 5.22. The quantitative estimate of drug-likeness (QED) is 0.717. The van der Waals surface area contributed by atoms with Crippen molar-refractivity contribution in [2.45, 2.75) is 46.0 Å². The van der Waals surface area contributed by atoms with Crippen molar-refractivity contribution >= 4 is 5.82 Å². The smallest absolute Gasteiger partial charge is 0.148 e. The highest BCUT2D eigenvalue weighted by Crippen LogP contribution is 2.25. The number of aromatic amines is 2.